The number of halogens is 5. The molecule has 2 aliphatic heterocycles. The summed E-state index contributed by atoms with van der Waals surface area (Å²) in [6.45, 7) is 5.28. The molecule has 0 aliphatic carbocycles. The highest BCUT2D eigenvalue weighted by Crippen LogP contribution is 2.41. The minimum absolute atomic E-state index is 0.225. The lowest BCUT2D eigenvalue weighted by molar-refractivity contribution is -0.192. The number of carboxylic acid groups (broad SMARTS) is 1. The third-order valence-corrected chi connectivity index (χ3v) is 8.73. The minimum Gasteiger partial charge on any atom is -0.475 e. The molecule has 0 radical (unpaired) electrons. The second-order valence-corrected chi connectivity index (χ2v) is 11.7. The Morgan fingerprint density at radius 3 is 2.17 bits per heavy atom. The zero-order valence-electron chi connectivity index (χ0n) is 25.7. The molecule has 0 spiro atoms. The summed E-state index contributed by atoms with van der Waals surface area (Å²) in [7, 11) is 0. The summed E-state index contributed by atoms with van der Waals surface area (Å²) in [6, 6.07) is 27.0. The van der Waals surface area contributed by atoms with Crippen molar-refractivity contribution in [1.82, 2.24) is 9.80 Å². The number of rotatable bonds is 7. The Hall–Kier alpha value is -4.64. The number of carbonyl (C=O) groups is 2. The van der Waals surface area contributed by atoms with Gasteiger partial charge in [-0.2, -0.15) is 13.2 Å². The molecule has 6 nitrogen and oxygen atoms in total. The fourth-order valence-electron chi connectivity index (χ4n) is 6.43. The van der Waals surface area contributed by atoms with E-state index in [-0.39, 0.29) is 5.91 Å². The Balaban J connectivity index is 0.000000559. The number of aliphatic imine (C=N–C) groups is 1. The number of carboxylic acids is 1. The van der Waals surface area contributed by atoms with Gasteiger partial charge in [0.2, 0.25) is 0 Å². The van der Waals surface area contributed by atoms with Crippen molar-refractivity contribution in [2.24, 2.45) is 4.99 Å². The quantitative estimate of drug-likeness (QED) is 0.210. The molecule has 0 aromatic heterocycles. The maximum atomic E-state index is 14.3. The summed E-state index contributed by atoms with van der Waals surface area (Å²) in [5.74, 6) is -2.67. The SMILES string of the molecule is CC1=NC(c2ccc(F)cc2)(c2cccc(F)c2)C(=O)N1CCCN1CCC(c2cccc3ccccc23)CC1.O=C(O)C(F)(F)F. The Labute approximate surface area is 269 Å². The van der Waals surface area contributed by atoms with Crippen LogP contribution < -0.4 is 0 Å². The average Bonchev–Trinajstić information content (AvgIpc) is 3.31. The fraction of sp³-hybridized carbons (Fsp3) is 0.306. The van der Waals surface area contributed by atoms with E-state index in [4.69, 9.17) is 14.9 Å². The monoisotopic (exact) mass is 651 g/mol. The predicted octanol–water partition coefficient (Wildman–Crippen LogP) is 7.53. The summed E-state index contributed by atoms with van der Waals surface area (Å²) >= 11 is 0. The molecule has 0 saturated carbocycles. The van der Waals surface area contributed by atoms with Crippen molar-refractivity contribution in [1.29, 1.82) is 0 Å². The molecule has 1 amide bonds. The summed E-state index contributed by atoms with van der Waals surface area (Å²) in [6.07, 6.45) is -2.05. The zero-order chi connectivity index (χ0) is 33.8. The van der Waals surface area contributed by atoms with Crippen LogP contribution in [0.25, 0.3) is 10.8 Å². The van der Waals surface area contributed by atoms with E-state index in [0.717, 1.165) is 38.9 Å². The molecule has 0 bridgehead atoms. The van der Waals surface area contributed by atoms with Gasteiger partial charge in [0.05, 0.1) is 0 Å². The number of likely N-dealkylation sites (tertiary alicyclic amines) is 1. The van der Waals surface area contributed by atoms with Crippen LogP contribution in [0.3, 0.4) is 0 Å². The third kappa shape index (κ3) is 7.35. The Morgan fingerprint density at radius 2 is 1.51 bits per heavy atom. The molecule has 1 fully saturated rings. The van der Waals surface area contributed by atoms with Crippen molar-refractivity contribution in [3.63, 3.8) is 0 Å². The van der Waals surface area contributed by atoms with Gasteiger partial charge in [-0.15, -0.1) is 0 Å². The van der Waals surface area contributed by atoms with Crippen LogP contribution in [0.2, 0.25) is 0 Å². The lowest BCUT2D eigenvalue weighted by atomic mass is 9.82. The normalized spacial score (nSPS) is 19.0. The Bertz CT molecular complexity index is 1760. The van der Waals surface area contributed by atoms with Gasteiger partial charge in [-0.05, 0) is 103 Å². The topological polar surface area (TPSA) is 73.2 Å². The van der Waals surface area contributed by atoms with Crippen LogP contribution in [-0.4, -0.2) is 65.0 Å². The summed E-state index contributed by atoms with van der Waals surface area (Å²) < 4.78 is 59.8. The number of piperidine rings is 1. The first-order valence-corrected chi connectivity index (χ1v) is 15.3. The Kier molecular flexibility index (Phi) is 10.0. The molecular formula is C36H34F5N3O3. The number of nitrogens with zero attached hydrogens (tertiary/aromatic N) is 3. The molecule has 47 heavy (non-hydrogen) atoms. The lowest BCUT2D eigenvalue weighted by Gasteiger charge is -2.33. The maximum Gasteiger partial charge on any atom is 0.490 e. The van der Waals surface area contributed by atoms with Crippen LogP contribution in [0.1, 0.15) is 48.8 Å². The van der Waals surface area contributed by atoms with Gasteiger partial charge in [0, 0.05) is 6.54 Å². The highest BCUT2D eigenvalue weighted by Gasteiger charge is 2.50. The van der Waals surface area contributed by atoms with E-state index in [9.17, 15) is 26.7 Å². The molecule has 1 N–H and O–H groups in total. The van der Waals surface area contributed by atoms with E-state index in [2.05, 4.69) is 47.4 Å². The van der Waals surface area contributed by atoms with Crippen LogP contribution >= 0.6 is 0 Å². The molecule has 246 valence electrons. The molecule has 4 aromatic carbocycles. The fourth-order valence-corrected chi connectivity index (χ4v) is 6.43. The number of benzene rings is 4. The molecule has 11 heteroatoms. The van der Waals surface area contributed by atoms with Crippen LogP contribution in [0, 0.1) is 11.6 Å². The number of alkyl halides is 3. The number of aliphatic carboxylic acids is 1. The number of hydrogen-bond acceptors (Lipinski definition) is 4. The highest BCUT2D eigenvalue weighted by molar-refractivity contribution is 6.09. The van der Waals surface area contributed by atoms with Gasteiger partial charge >= 0.3 is 12.1 Å². The van der Waals surface area contributed by atoms with Crippen molar-refractivity contribution in [3.8, 4) is 0 Å². The van der Waals surface area contributed by atoms with Gasteiger partial charge in [0.1, 0.15) is 17.5 Å². The van der Waals surface area contributed by atoms with Crippen molar-refractivity contribution in [2.75, 3.05) is 26.2 Å². The van der Waals surface area contributed by atoms with E-state index >= 15 is 0 Å². The van der Waals surface area contributed by atoms with Crippen molar-refractivity contribution in [2.45, 2.75) is 43.8 Å². The van der Waals surface area contributed by atoms with E-state index in [1.165, 1.54) is 40.6 Å². The van der Waals surface area contributed by atoms with E-state index in [1.54, 1.807) is 29.2 Å². The first-order chi connectivity index (χ1) is 22.4. The maximum absolute atomic E-state index is 14.3. The first-order valence-electron chi connectivity index (χ1n) is 15.3. The van der Waals surface area contributed by atoms with Gasteiger partial charge in [-0.3, -0.25) is 9.69 Å². The molecule has 1 atom stereocenters. The molecule has 1 saturated heterocycles. The zero-order valence-corrected chi connectivity index (χ0v) is 25.7. The Morgan fingerprint density at radius 1 is 0.872 bits per heavy atom. The van der Waals surface area contributed by atoms with Crippen molar-refractivity contribution < 1.29 is 36.6 Å². The predicted molar refractivity (Wildman–Crippen MR) is 169 cm³/mol. The average molecular weight is 652 g/mol. The molecule has 6 rings (SSSR count). The molecule has 2 aliphatic rings. The van der Waals surface area contributed by atoms with E-state index < -0.39 is 29.3 Å². The highest BCUT2D eigenvalue weighted by atomic mass is 19.4. The van der Waals surface area contributed by atoms with E-state index in [1.807, 2.05) is 6.92 Å². The molecule has 1 unspecified atom stereocenters. The summed E-state index contributed by atoms with van der Waals surface area (Å²) in [5.41, 5.74) is 1.00. The van der Waals surface area contributed by atoms with Gasteiger partial charge in [-0.25, -0.2) is 18.6 Å². The second kappa shape index (κ2) is 14.0. The number of carbonyl (C=O) groups excluding carboxylic acids is 1. The van der Waals surface area contributed by atoms with Gasteiger partial charge in [-0.1, -0.05) is 66.7 Å². The minimum atomic E-state index is -5.08. The van der Waals surface area contributed by atoms with Crippen LogP contribution in [0.4, 0.5) is 22.0 Å². The van der Waals surface area contributed by atoms with Crippen molar-refractivity contribution in [3.05, 3.63) is 119 Å². The van der Waals surface area contributed by atoms with Crippen molar-refractivity contribution >= 4 is 28.5 Å². The number of fused-ring (bicyclic) bond motifs is 1. The van der Waals surface area contributed by atoms with Crippen LogP contribution in [0.5, 0.6) is 0 Å². The van der Waals surface area contributed by atoms with Crippen LogP contribution in [0.15, 0.2) is 96.0 Å². The number of amidine groups is 1. The van der Waals surface area contributed by atoms with E-state index in [0.29, 0.717) is 29.4 Å². The van der Waals surface area contributed by atoms with Gasteiger partial charge in [0.25, 0.3) is 5.91 Å². The summed E-state index contributed by atoms with van der Waals surface area (Å²) in [4.78, 5) is 31.9. The molecule has 2 heterocycles. The standard InChI is InChI=1S/C34H33F2N3O.C2HF3O2/c1-24-37-34(27-13-15-29(35)16-14-27,28-9-5-10-30(36)23-28)33(40)39(24)20-6-19-38-21-17-26(18-22-38)32-12-4-8-25-7-2-3-11-31(25)32;3-2(4,5)1(6)7/h2-5,7-16,23,26H,6,17-22H2,1H3;(H,6,7). The summed E-state index contributed by atoms with van der Waals surface area (Å²) in [5, 5.41) is 9.78. The number of hydrogen-bond donors (Lipinski definition) is 1. The smallest absolute Gasteiger partial charge is 0.475 e. The van der Waals surface area contributed by atoms with Crippen LogP contribution in [-0.2, 0) is 15.1 Å². The largest absolute Gasteiger partial charge is 0.490 e. The first kappa shape index (κ1) is 33.7. The van der Waals surface area contributed by atoms with Gasteiger partial charge < -0.3 is 10.0 Å². The third-order valence-electron chi connectivity index (χ3n) is 8.73. The molecular weight excluding hydrogens is 617 g/mol. The second-order valence-electron chi connectivity index (χ2n) is 11.7. The number of amides is 1. The molecule has 4 aromatic rings. The van der Waals surface area contributed by atoms with Gasteiger partial charge in [0.15, 0.2) is 5.54 Å². The lowest BCUT2D eigenvalue weighted by Crippen LogP contribution is -2.43.